The lowest BCUT2D eigenvalue weighted by molar-refractivity contribution is -0.138. The van der Waals surface area contributed by atoms with Crippen LogP contribution in [-0.2, 0) is 28.4 Å². The van der Waals surface area contributed by atoms with Crippen LogP contribution in [0.4, 0.5) is 0 Å². The molecule has 1 amide bonds. The van der Waals surface area contributed by atoms with Gasteiger partial charge < -0.3 is 9.64 Å². The molecule has 0 spiro atoms. The van der Waals surface area contributed by atoms with Crippen LogP contribution in [0, 0.1) is 0 Å². The standard InChI is InChI=1S/C16H24N6O2/c1-16(2,3)15-18-14(19-20-15)12-10-22(5-6-24-12)13(23)7-11-8-17-21(4)9-11/h8-9,12H,5-7,10H2,1-4H3,(H,18,19,20)/t12-/m0/s1. The summed E-state index contributed by atoms with van der Waals surface area (Å²) in [4.78, 5) is 18.9. The van der Waals surface area contributed by atoms with Gasteiger partial charge in [-0.2, -0.15) is 10.2 Å². The van der Waals surface area contributed by atoms with E-state index in [1.807, 2.05) is 18.1 Å². The highest BCUT2D eigenvalue weighted by atomic mass is 16.5. The van der Waals surface area contributed by atoms with Crippen LogP contribution in [0.15, 0.2) is 12.4 Å². The molecule has 1 fully saturated rings. The molecule has 0 bridgehead atoms. The number of aromatic amines is 1. The van der Waals surface area contributed by atoms with E-state index < -0.39 is 0 Å². The van der Waals surface area contributed by atoms with Gasteiger partial charge in [0.05, 0.1) is 25.8 Å². The molecule has 1 aliphatic heterocycles. The lowest BCUT2D eigenvalue weighted by Crippen LogP contribution is -2.43. The molecule has 8 heteroatoms. The summed E-state index contributed by atoms with van der Waals surface area (Å²) >= 11 is 0. The molecule has 0 saturated carbocycles. The van der Waals surface area contributed by atoms with Crippen molar-refractivity contribution in [1.82, 2.24) is 29.9 Å². The molecule has 1 saturated heterocycles. The van der Waals surface area contributed by atoms with Gasteiger partial charge in [-0.05, 0) is 5.56 Å². The first-order chi connectivity index (χ1) is 11.3. The van der Waals surface area contributed by atoms with E-state index in [-0.39, 0.29) is 17.4 Å². The van der Waals surface area contributed by atoms with E-state index in [1.165, 1.54) is 0 Å². The fourth-order valence-corrected chi connectivity index (χ4v) is 2.64. The number of ether oxygens (including phenoxy) is 1. The number of carbonyl (C=O) groups is 1. The monoisotopic (exact) mass is 332 g/mol. The number of aromatic nitrogens is 5. The number of hydrogen-bond donors (Lipinski definition) is 1. The number of morpholine rings is 1. The molecule has 0 aromatic carbocycles. The highest BCUT2D eigenvalue weighted by molar-refractivity contribution is 5.78. The number of aryl methyl sites for hydroxylation is 1. The number of hydrogen-bond acceptors (Lipinski definition) is 5. The molecule has 0 aliphatic carbocycles. The van der Waals surface area contributed by atoms with E-state index in [4.69, 9.17) is 4.74 Å². The van der Waals surface area contributed by atoms with Gasteiger partial charge in [-0.3, -0.25) is 14.6 Å². The second-order valence-electron chi connectivity index (χ2n) is 7.19. The summed E-state index contributed by atoms with van der Waals surface area (Å²) in [6.45, 7) is 7.75. The Morgan fingerprint density at radius 1 is 1.46 bits per heavy atom. The highest BCUT2D eigenvalue weighted by Gasteiger charge is 2.29. The van der Waals surface area contributed by atoms with Crippen LogP contribution in [0.5, 0.6) is 0 Å². The van der Waals surface area contributed by atoms with Crippen molar-refractivity contribution in [2.24, 2.45) is 7.05 Å². The second-order valence-corrected chi connectivity index (χ2v) is 7.19. The van der Waals surface area contributed by atoms with Crippen molar-refractivity contribution < 1.29 is 9.53 Å². The summed E-state index contributed by atoms with van der Waals surface area (Å²) in [6.07, 6.45) is 3.67. The van der Waals surface area contributed by atoms with Crippen molar-refractivity contribution in [3.8, 4) is 0 Å². The largest absolute Gasteiger partial charge is 0.367 e. The third kappa shape index (κ3) is 3.64. The fraction of sp³-hybridized carbons (Fsp3) is 0.625. The third-order valence-corrected chi connectivity index (χ3v) is 4.01. The zero-order valence-electron chi connectivity index (χ0n) is 14.6. The van der Waals surface area contributed by atoms with Crippen LogP contribution in [0.2, 0.25) is 0 Å². The van der Waals surface area contributed by atoms with Gasteiger partial charge in [0.2, 0.25) is 5.91 Å². The number of H-pyrrole nitrogens is 1. The minimum atomic E-state index is -0.264. The normalized spacial score (nSPS) is 18.8. The Balaban J connectivity index is 1.65. The predicted octanol–water partition coefficient (Wildman–Crippen LogP) is 0.978. The van der Waals surface area contributed by atoms with Gasteiger partial charge in [0.15, 0.2) is 11.6 Å². The van der Waals surface area contributed by atoms with Gasteiger partial charge in [0.25, 0.3) is 0 Å². The Kier molecular flexibility index (Phi) is 4.40. The number of rotatable bonds is 3. The van der Waals surface area contributed by atoms with E-state index >= 15 is 0 Å². The minimum Gasteiger partial charge on any atom is -0.367 e. The van der Waals surface area contributed by atoms with Crippen molar-refractivity contribution in [2.75, 3.05) is 19.7 Å². The molecule has 1 N–H and O–H groups in total. The van der Waals surface area contributed by atoms with E-state index in [0.717, 1.165) is 11.4 Å². The molecule has 0 unspecified atom stereocenters. The van der Waals surface area contributed by atoms with Gasteiger partial charge in [0.1, 0.15) is 6.10 Å². The van der Waals surface area contributed by atoms with Crippen LogP contribution in [-0.4, -0.2) is 55.5 Å². The summed E-state index contributed by atoms with van der Waals surface area (Å²) < 4.78 is 7.48. The van der Waals surface area contributed by atoms with Crippen LogP contribution in [0.3, 0.4) is 0 Å². The summed E-state index contributed by atoms with van der Waals surface area (Å²) in [7, 11) is 1.84. The Morgan fingerprint density at radius 3 is 2.88 bits per heavy atom. The zero-order chi connectivity index (χ0) is 17.3. The summed E-state index contributed by atoms with van der Waals surface area (Å²) in [5.41, 5.74) is 0.791. The lowest BCUT2D eigenvalue weighted by Gasteiger charge is -2.31. The lowest BCUT2D eigenvalue weighted by atomic mass is 9.96. The van der Waals surface area contributed by atoms with E-state index in [2.05, 4.69) is 41.1 Å². The minimum absolute atomic E-state index is 0.0758. The SMILES string of the molecule is Cn1cc(CC(=O)N2CCO[C@H](c3nc(C(C)(C)C)n[nH]3)C2)cn1. The van der Waals surface area contributed by atoms with Crippen molar-refractivity contribution in [3.63, 3.8) is 0 Å². The summed E-state index contributed by atoms with van der Waals surface area (Å²) in [5.74, 6) is 1.51. The number of carbonyl (C=O) groups excluding carboxylic acids is 1. The molecular formula is C16H24N6O2. The van der Waals surface area contributed by atoms with Crippen molar-refractivity contribution >= 4 is 5.91 Å². The maximum absolute atomic E-state index is 12.5. The quantitative estimate of drug-likeness (QED) is 0.905. The average molecular weight is 332 g/mol. The molecule has 2 aromatic heterocycles. The van der Waals surface area contributed by atoms with E-state index in [0.29, 0.717) is 31.9 Å². The maximum atomic E-state index is 12.5. The summed E-state index contributed by atoms with van der Waals surface area (Å²) in [6, 6.07) is 0. The van der Waals surface area contributed by atoms with Crippen molar-refractivity contribution in [1.29, 1.82) is 0 Å². The van der Waals surface area contributed by atoms with E-state index in [1.54, 1.807) is 10.9 Å². The Bertz CT molecular complexity index is 714. The van der Waals surface area contributed by atoms with Crippen molar-refractivity contribution in [3.05, 3.63) is 29.6 Å². The van der Waals surface area contributed by atoms with Crippen LogP contribution in [0.1, 0.15) is 44.1 Å². The third-order valence-electron chi connectivity index (χ3n) is 4.01. The van der Waals surface area contributed by atoms with Crippen LogP contribution in [0.25, 0.3) is 0 Å². The molecule has 130 valence electrons. The number of amides is 1. The van der Waals surface area contributed by atoms with Gasteiger partial charge >= 0.3 is 0 Å². The smallest absolute Gasteiger partial charge is 0.227 e. The van der Waals surface area contributed by atoms with Gasteiger partial charge in [0, 0.05) is 25.2 Å². The maximum Gasteiger partial charge on any atom is 0.227 e. The first-order valence-electron chi connectivity index (χ1n) is 8.12. The Hall–Kier alpha value is -2.22. The Labute approximate surface area is 141 Å². The van der Waals surface area contributed by atoms with Crippen LogP contribution >= 0.6 is 0 Å². The molecule has 3 rings (SSSR count). The van der Waals surface area contributed by atoms with Gasteiger partial charge in [-0.25, -0.2) is 4.98 Å². The molecule has 1 atom stereocenters. The average Bonchev–Trinajstić information content (AvgIpc) is 3.16. The fourth-order valence-electron chi connectivity index (χ4n) is 2.64. The first kappa shape index (κ1) is 16.6. The van der Waals surface area contributed by atoms with E-state index in [9.17, 15) is 4.79 Å². The molecule has 1 aliphatic rings. The second kappa shape index (κ2) is 6.35. The molecule has 2 aromatic rings. The zero-order valence-corrected chi connectivity index (χ0v) is 14.6. The number of nitrogens with zero attached hydrogens (tertiary/aromatic N) is 5. The van der Waals surface area contributed by atoms with Gasteiger partial charge in [-0.15, -0.1) is 0 Å². The predicted molar refractivity (Wildman–Crippen MR) is 87.3 cm³/mol. The summed E-state index contributed by atoms with van der Waals surface area (Å²) in [5, 5.41) is 11.3. The van der Waals surface area contributed by atoms with Crippen LogP contribution < -0.4 is 0 Å². The number of nitrogens with one attached hydrogen (secondary N) is 1. The Morgan fingerprint density at radius 2 is 2.25 bits per heavy atom. The molecular weight excluding hydrogens is 308 g/mol. The topological polar surface area (TPSA) is 88.9 Å². The first-order valence-corrected chi connectivity index (χ1v) is 8.12. The highest BCUT2D eigenvalue weighted by Crippen LogP contribution is 2.23. The molecule has 8 nitrogen and oxygen atoms in total. The van der Waals surface area contributed by atoms with Crippen molar-refractivity contribution in [2.45, 2.75) is 38.7 Å². The molecule has 24 heavy (non-hydrogen) atoms. The molecule has 0 radical (unpaired) electrons. The van der Waals surface area contributed by atoms with Gasteiger partial charge in [-0.1, -0.05) is 20.8 Å². The molecule has 3 heterocycles.